The summed E-state index contributed by atoms with van der Waals surface area (Å²) in [5.41, 5.74) is 1.73. The summed E-state index contributed by atoms with van der Waals surface area (Å²) in [6.45, 7) is -0.0544. The predicted molar refractivity (Wildman–Crippen MR) is 79.9 cm³/mol. The van der Waals surface area contributed by atoms with E-state index in [0.29, 0.717) is 11.3 Å². The molecule has 0 saturated heterocycles. The Kier molecular flexibility index (Phi) is 4.40. The summed E-state index contributed by atoms with van der Waals surface area (Å²) >= 11 is 0. The van der Waals surface area contributed by atoms with Gasteiger partial charge in [-0.1, -0.05) is 12.1 Å². The second kappa shape index (κ2) is 6.07. The molecule has 2 rings (SSSR count). The van der Waals surface area contributed by atoms with Gasteiger partial charge in [-0.15, -0.1) is 0 Å². The van der Waals surface area contributed by atoms with Gasteiger partial charge in [0.2, 0.25) is 0 Å². The minimum Gasteiger partial charge on any atom is -0.392 e. The van der Waals surface area contributed by atoms with Crippen LogP contribution in [0.15, 0.2) is 53.4 Å². The van der Waals surface area contributed by atoms with Crippen molar-refractivity contribution in [1.29, 1.82) is 0 Å². The molecule has 0 aromatic heterocycles. The molecule has 0 fully saturated rings. The van der Waals surface area contributed by atoms with Gasteiger partial charge in [0.1, 0.15) is 0 Å². The Bertz CT molecular complexity index is 734. The van der Waals surface area contributed by atoms with Crippen molar-refractivity contribution >= 4 is 21.4 Å². The van der Waals surface area contributed by atoms with Gasteiger partial charge in [-0.25, -0.2) is 8.42 Å². The van der Waals surface area contributed by atoms with Gasteiger partial charge < -0.3 is 10.4 Å². The number of hydrogen-bond donors (Lipinski definition) is 2. The number of hydrogen-bond acceptors (Lipinski definition) is 4. The fourth-order valence-corrected chi connectivity index (χ4v) is 2.38. The number of rotatable bonds is 4. The molecule has 0 aliphatic heterocycles. The molecule has 2 aromatic rings. The number of anilines is 1. The zero-order valence-corrected chi connectivity index (χ0v) is 12.2. The Morgan fingerprint density at radius 1 is 1.05 bits per heavy atom. The number of aliphatic hydroxyl groups is 1. The van der Waals surface area contributed by atoms with Gasteiger partial charge in [-0.3, -0.25) is 4.79 Å². The Balaban J connectivity index is 2.12. The largest absolute Gasteiger partial charge is 0.392 e. The van der Waals surface area contributed by atoms with Gasteiger partial charge in [0.05, 0.1) is 11.5 Å². The molecular formula is C15H15NO4S. The van der Waals surface area contributed by atoms with E-state index in [1.54, 1.807) is 24.3 Å². The molecule has 110 valence electrons. The molecule has 0 saturated carbocycles. The van der Waals surface area contributed by atoms with Crippen LogP contribution in [0.2, 0.25) is 0 Å². The fraction of sp³-hybridized carbons (Fsp3) is 0.133. The number of sulfone groups is 1. The number of aliphatic hydroxyl groups excluding tert-OH is 1. The third kappa shape index (κ3) is 3.90. The summed E-state index contributed by atoms with van der Waals surface area (Å²) in [5.74, 6) is -0.327. The van der Waals surface area contributed by atoms with E-state index in [4.69, 9.17) is 5.11 Å². The van der Waals surface area contributed by atoms with Crippen LogP contribution in [-0.2, 0) is 16.4 Å². The molecule has 0 aliphatic carbocycles. The minimum absolute atomic E-state index is 0.0544. The lowest BCUT2D eigenvalue weighted by molar-refractivity contribution is 0.102. The van der Waals surface area contributed by atoms with Crippen LogP contribution >= 0.6 is 0 Å². The van der Waals surface area contributed by atoms with Crippen molar-refractivity contribution in [2.45, 2.75) is 11.5 Å². The van der Waals surface area contributed by atoms with E-state index in [2.05, 4.69) is 5.32 Å². The molecule has 6 heteroatoms. The zero-order valence-electron chi connectivity index (χ0n) is 11.4. The van der Waals surface area contributed by atoms with E-state index >= 15 is 0 Å². The molecule has 0 bridgehead atoms. The average molecular weight is 305 g/mol. The maximum Gasteiger partial charge on any atom is 0.255 e. The molecule has 1 amide bonds. The first kappa shape index (κ1) is 15.2. The van der Waals surface area contributed by atoms with E-state index in [9.17, 15) is 13.2 Å². The Morgan fingerprint density at radius 2 is 1.62 bits per heavy atom. The van der Waals surface area contributed by atoms with Gasteiger partial charge in [-0.2, -0.15) is 0 Å². The topological polar surface area (TPSA) is 83.5 Å². The van der Waals surface area contributed by atoms with E-state index < -0.39 is 9.84 Å². The number of carbonyl (C=O) groups excluding carboxylic acids is 1. The van der Waals surface area contributed by atoms with E-state index in [-0.39, 0.29) is 17.4 Å². The van der Waals surface area contributed by atoms with Gasteiger partial charge in [-0.05, 0) is 42.0 Å². The second-order valence-electron chi connectivity index (χ2n) is 4.61. The van der Waals surface area contributed by atoms with Crippen LogP contribution in [-0.4, -0.2) is 25.7 Å². The Morgan fingerprint density at radius 3 is 2.10 bits per heavy atom. The van der Waals surface area contributed by atoms with E-state index in [0.717, 1.165) is 11.8 Å². The van der Waals surface area contributed by atoms with Crippen molar-refractivity contribution in [3.63, 3.8) is 0 Å². The van der Waals surface area contributed by atoms with Crippen LogP contribution < -0.4 is 5.32 Å². The molecular weight excluding hydrogens is 290 g/mol. The number of benzene rings is 2. The SMILES string of the molecule is CS(=O)(=O)c1ccc(C(=O)Nc2ccc(CO)cc2)cc1. The highest BCUT2D eigenvalue weighted by Gasteiger charge is 2.10. The first-order valence-corrected chi connectivity index (χ1v) is 8.10. The molecule has 0 aliphatic rings. The first-order chi connectivity index (χ1) is 9.90. The highest BCUT2D eigenvalue weighted by molar-refractivity contribution is 7.90. The standard InChI is InChI=1S/C15H15NO4S/c1-21(19,20)14-8-4-12(5-9-14)15(18)16-13-6-2-11(10-17)3-7-13/h2-9,17H,10H2,1H3,(H,16,18). The molecule has 2 aromatic carbocycles. The summed E-state index contributed by atoms with van der Waals surface area (Å²) in [6, 6.07) is 12.5. The highest BCUT2D eigenvalue weighted by Crippen LogP contribution is 2.14. The van der Waals surface area contributed by atoms with Crippen LogP contribution in [0.5, 0.6) is 0 Å². The third-order valence-corrected chi connectivity index (χ3v) is 4.07. The zero-order chi connectivity index (χ0) is 15.5. The van der Waals surface area contributed by atoms with Gasteiger partial charge in [0.25, 0.3) is 5.91 Å². The summed E-state index contributed by atoms with van der Waals surface area (Å²) in [5, 5.41) is 11.6. The maximum absolute atomic E-state index is 12.0. The molecule has 0 heterocycles. The lowest BCUT2D eigenvalue weighted by Crippen LogP contribution is -2.12. The molecule has 5 nitrogen and oxygen atoms in total. The minimum atomic E-state index is -3.27. The normalized spacial score (nSPS) is 11.1. The molecule has 0 atom stereocenters. The van der Waals surface area contributed by atoms with Gasteiger partial charge in [0.15, 0.2) is 9.84 Å². The quantitative estimate of drug-likeness (QED) is 0.902. The van der Waals surface area contributed by atoms with Crippen molar-refractivity contribution in [3.8, 4) is 0 Å². The summed E-state index contributed by atoms with van der Waals surface area (Å²) < 4.78 is 22.7. The monoisotopic (exact) mass is 305 g/mol. The lowest BCUT2D eigenvalue weighted by atomic mass is 10.2. The van der Waals surface area contributed by atoms with Gasteiger partial charge in [0, 0.05) is 17.5 Å². The Labute approximate surface area is 123 Å². The maximum atomic E-state index is 12.0. The molecule has 0 radical (unpaired) electrons. The number of amides is 1. The van der Waals surface area contributed by atoms with Crippen LogP contribution in [0.4, 0.5) is 5.69 Å². The third-order valence-electron chi connectivity index (χ3n) is 2.94. The predicted octanol–water partition coefficient (Wildman–Crippen LogP) is 1.83. The van der Waals surface area contributed by atoms with Crippen LogP contribution in [0.3, 0.4) is 0 Å². The number of carbonyl (C=O) groups is 1. The van der Waals surface area contributed by atoms with Crippen molar-refractivity contribution in [2.75, 3.05) is 11.6 Å². The van der Waals surface area contributed by atoms with Crippen LogP contribution in [0.25, 0.3) is 0 Å². The van der Waals surface area contributed by atoms with Crippen LogP contribution in [0.1, 0.15) is 15.9 Å². The molecule has 21 heavy (non-hydrogen) atoms. The average Bonchev–Trinajstić information content (AvgIpc) is 2.47. The first-order valence-electron chi connectivity index (χ1n) is 6.21. The van der Waals surface area contributed by atoms with Crippen molar-refractivity contribution in [3.05, 3.63) is 59.7 Å². The second-order valence-corrected chi connectivity index (χ2v) is 6.62. The van der Waals surface area contributed by atoms with Crippen molar-refractivity contribution in [2.24, 2.45) is 0 Å². The number of nitrogens with one attached hydrogen (secondary N) is 1. The van der Waals surface area contributed by atoms with Crippen LogP contribution in [0, 0.1) is 0 Å². The highest BCUT2D eigenvalue weighted by atomic mass is 32.2. The molecule has 0 unspecified atom stereocenters. The van der Waals surface area contributed by atoms with Gasteiger partial charge >= 0.3 is 0 Å². The van der Waals surface area contributed by atoms with E-state index in [1.807, 2.05) is 0 Å². The summed E-state index contributed by atoms with van der Waals surface area (Å²) in [7, 11) is -3.27. The lowest BCUT2D eigenvalue weighted by Gasteiger charge is -2.06. The van der Waals surface area contributed by atoms with Crippen molar-refractivity contribution in [1.82, 2.24) is 0 Å². The molecule has 2 N–H and O–H groups in total. The van der Waals surface area contributed by atoms with Crippen molar-refractivity contribution < 1.29 is 18.3 Å². The summed E-state index contributed by atoms with van der Waals surface area (Å²) in [6.07, 6.45) is 1.12. The summed E-state index contributed by atoms with van der Waals surface area (Å²) in [4.78, 5) is 12.2. The van der Waals surface area contributed by atoms with E-state index in [1.165, 1.54) is 24.3 Å². The fourth-order valence-electron chi connectivity index (χ4n) is 1.75. The molecule has 0 spiro atoms. The Hall–Kier alpha value is -2.18. The smallest absolute Gasteiger partial charge is 0.255 e.